The topological polar surface area (TPSA) is 89.4 Å². The first kappa shape index (κ1) is 16.0. The van der Waals surface area contributed by atoms with Crippen LogP contribution in [0, 0.1) is 0 Å². The maximum atomic E-state index is 12.5. The Morgan fingerprint density at radius 3 is 2.81 bits per heavy atom. The number of hydrogen-bond acceptors (Lipinski definition) is 5. The highest BCUT2D eigenvalue weighted by molar-refractivity contribution is 6.08. The van der Waals surface area contributed by atoms with E-state index in [2.05, 4.69) is 16.0 Å². The Morgan fingerprint density at radius 2 is 2.11 bits per heavy atom. The molecule has 1 aromatic carbocycles. The molecular formula is C20H20N6O. The molecule has 2 N–H and O–H groups in total. The van der Waals surface area contributed by atoms with Gasteiger partial charge in [-0.25, -0.2) is 4.98 Å². The van der Waals surface area contributed by atoms with Crippen LogP contribution < -0.4 is 5.73 Å². The van der Waals surface area contributed by atoms with Gasteiger partial charge in [0.1, 0.15) is 17.4 Å². The zero-order valence-corrected chi connectivity index (χ0v) is 15.1. The number of benzene rings is 1. The summed E-state index contributed by atoms with van der Waals surface area (Å²) in [6, 6.07) is 5.76. The average Bonchev–Trinajstić information content (AvgIpc) is 3.29. The van der Waals surface area contributed by atoms with Crippen LogP contribution in [-0.2, 0) is 4.79 Å². The standard InChI is InChI=1S/C20H20N6O/c1-12(20(27)25-7-2-8-25)26-11-16-18(24-26)15-4-3-13(14-5-6-22-10-14)9-17(15)23-19(16)21/h3-6,9,11-12H,2,7-8,10H2,1H3,(H2,21,23). The molecule has 2 aliphatic heterocycles. The summed E-state index contributed by atoms with van der Waals surface area (Å²) in [5.74, 6) is 0.529. The van der Waals surface area contributed by atoms with Gasteiger partial charge in [0.2, 0.25) is 5.91 Å². The summed E-state index contributed by atoms with van der Waals surface area (Å²) >= 11 is 0. The smallest absolute Gasteiger partial charge is 0.247 e. The summed E-state index contributed by atoms with van der Waals surface area (Å²) in [6.07, 6.45) is 6.75. The number of pyridine rings is 1. The Hall–Kier alpha value is -3.22. The second-order valence-electron chi connectivity index (χ2n) is 7.14. The monoisotopic (exact) mass is 360 g/mol. The summed E-state index contributed by atoms with van der Waals surface area (Å²) in [5.41, 5.74) is 10.1. The number of amides is 1. The number of nitrogens with zero attached hydrogens (tertiary/aromatic N) is 5. The first-order chi connectivity index (χ1) is 13.1. The fourth-order valence-corrected chi connectivity index (χ4v) is 3.64. The minimum absolute atomic E-state index is 0.0975. The third-order valence-electron chi connectivity index (χ3n) is 5.44. The molecule has 7 heteroatoms. The van der Waals surface area contributed by atoms with Crippen LogP contribution >= 0.6 is 0 Å². The van der Waals surface area contributed by atoms with Crippen molar-refractivity contribution < 1.29 is 4.79 Å². The van der Waals surface area contributed by atoms with Crippen molar-refractivity contribution >= 4 is 45.3 Å². The number of hydrogen-bond donors (Lipinski definition) is 1. The van der Waals surface area contributed by atoms with Crippen LogP contribution in [0.5, 0.6) is 0 Å². The van der Waals surface area contributed by atoms with Gasteiger partial charge in [0.25, 0.3) is 0 Å². The van der Waals surface area contributed by atoms with E-state index < -0.39 is 0 Å². The maximum Gasteiger partial charge on any atom is 0.247 e. The van der Waals surface area contributed by atoms with Crippen LogP contribution in [-0.4, -0.2) is 51.4 Å². The average molecular weight is 360 g/mol. The first-order valence-electron chi connectivity index (χ1n) is 9.18. The molecule has 2 aromatic heterocycles. The van der Waals surface area contributed by atoms with E-state index in [1.54, 1.807) is 4.68 Å². The molecule has 3 aromatic rings. The molecule has 0 bridgehead atoms. The highest BCUT2D eigenvalue weighted by Crippen LogP contribution is 2.30. The number of anilines is 1. The van der Waals surface area contributed by atoms with Crippen molar-refractivity contribution in [1.29, 1.82) is 0 Å². The molecule has 27 heavy (non-hydrogen) atoms. The highest BCUT2D eigenvalue weighted by atomic mass is 16.2. The maximum absolute atomic E-state index is 12.5. The number of nitrogen functional groups attached to an aromatic ring is 1. The van der Waals surface area contributed by atoms with Crippen LogP contribution in [0.25, 0.3) is 27.4 Å². The molecule has 4 heterocycles. The third-order valence-corrected chi connectivity index (χ3v) is 5.44. The molecule has 1 saturated heterocycles. The SMILES string of the molecule is CC(C(=O)N1CCC1)n1cc2c(N)nc3cc(C4=CC=NC4)ccc3c2n1. The zero-order valence-electron chi connectivity index (χ0n) is 15.1. The molecule has 2 aliphatic rings. The van der Waals surface area contributed by atoms with Gasteiger partial charge in [-0.2, -0.15) is 5.10 Å². The predicted octanol–water partition coefficient (Wildman–Crippen LogP) is 2.43. The normalized spacial score (nSPS) is 17.4. The van der Waals surface area contributed by atoms with Crippen LogP contribution in [0.4, 0.5) is 5.82 Å². The molecule has 0 saturated carbocycles. The summed E-state index contributed by atoms with van der Waals surface area (Å²) < 4.78 is 1.71. The second-order valence-corrected chi connectivity index (χ2v) is 7.14. The Balaban J connectivity index is 1.59. The van der Waals surface area contributed by atoms with E-state index in [9.17, 15) is 4.79 Å². The fraction of sp³-hybridized carbons (Fsp3) is 0.300. The molecule has 0 radical (unpaired) electrons. The van der Waals surface area contributed by atoms with Gasteiger partial charge in [0, 0.05) is 30.9 Å². The number of rotatable bonds is 3. The number of aromatic nitrogens is 3. The van der Waals surface area contributed by atoms with E-state index in [4.69, 9.17) is 10.8 Å². The van der Waals surface area contributed by atoms with E-state index in [0.29, 0.717) is 12.4 Å². The molecular weight excluding hydrogens is 340 g/mol. The fourth-order valence-electron chi connectivity index (χ4n) is 3.64. The molecule has 1 amide bonds. The number of carbonyl (C=O) groups is 1. The summed E-state index contributed by atoms with van der Waals surface area (Å²) in [6.45, 7) is 4.23. The van der Waals surface area contributed by atoms with E-state index in [0.717, 1.165) is 52.5 Å². The minimum Gasteiger partial charge on any atom is -0.383 e. The van der Waals surface area contributed by atoms with Gasteiger partial charge >= 0.3 is 0 Å². The summed E-state index contributed by atoms with van der Waals surface area (Å²) in [4.78, 5) is 23.2. The predicted molar refractivity (Wildman–Crippen MR) is 107 cm³/mol. The zero-order chi connectivity index (χ0) is 18.5. The largest absolute Gasteiger partial charge is 0.383 e. The molecule has 5 rings (SSSR count). The van der Waals surface area contributed by atoms with Gasteiger partial charge in [-0.1, -0.05) is 6.07 Å². The van der Waals surface area contributed by atoms with Crippen molar-refractivity contribution in [1.82, 2.24) is 19.7 Å². The van der Waals surface area contributed by atoms with Crippen LogP contribution in [0.2, 0.25) is 0 Å². The lowest BCUT2D eigenvalue weighted by molar-refractivity contribution is -0.138. The van der Waals surface area contributed by atoms with Crippen molar-refractivity contribution in [3.8, 4) is 0 Å². The van der Waals surface area contributed by atoms with Gasteiger partial charge in [-0.3, -0.25) is 14.5 Å². The van der Waals surface area contributed by atoms with Gasteiger partial charge in [0.05, 0.1) is 17.4 Å². The lowest BCUT2D eigenvalue weighted by atomic mass is 10.0. The Labute approximate surface area is 156 Å². The number of carbonyl (C=O) groups excluding carboxylic acids is 1. The molecule has 1 fully saturated rings. The van der Waals surface area contributed by atoms with Gasteiger partial charge in [-0.05, 0) is 42.7 Å². The van der Waals surface area contributed by atoms with Crippen molar-refractivity contribution in [3.63, 3.8) is 0 Å². The minimum atomic E-state index is -0.354. The molecule has 0 spiro atoms. The number of fused-ring (bicyclic) bond motifs is 3. The quantitative estimate of drug-likeness (QED) is 0.777. The highest BCUT2D eigenvalue weighted by Gasteiger charge is 2.27. The molecule has 0 aliphatic carbocycles. The molecule has 136 valence electrons. The van der Waals surface area contributed by atoms with Gasteiger partial charge in [0.15, 0.2) is 0 Å². The van der Waals surface area contributed by atoms with Crippen LogP contribution in [0.15, 0.2) is 35.5 Å². The van der Waals surface area contributed by atoms with Crippen molar-refractivity contribution in [3.05, 3.63) is 36.0 Å². The molecule has 7 nitrogen and oxygen atoms in total. The Bertz CT molecular complexity index is 1140. The summed E-state index contributed by atoms with van der Waals surface area (Å²) in [7, 11) is 0. The number of aliphatic imine (C=N–C) groups is 1. The third kappa shape index (κ3) is 2.50. The van der Waals surface area contributed by atoms with Crippen LogP contribution in [0.3, 0.4) is 0 Å². The van der Waals surface area contributed by atoms with E-state index in [-0.39, 0.29) is 11.9 Å². The van der Waals surface area contributed by atoms with Crippen molar-refractivity contribution in [2.75, 3.05) is 25.4 Å². The van der Waals surface area contributed by atoms with Gasteiger partial charge < -0.3 is 10.6 Å². The first-order valence-corrected chi connectivity index (χ1v) is 9.18. The lowest BCUT2D eigenvalue weighted by Gasteiger charge is -2.33. The number of nitrogens with two attached hydrogens (primary N) is 1. The van der Waals surface area contributed by atoms with Gasteiger partial charge in [-0.15, -0.1) is 0 Å². The lowest BCUT2D eigenvalue weighted by Crippen LogP contribution is -2.45. The number of likely N-dealkylation sites (tertiary alicyclic amines) is 1. The molecule has 1 unspecified atom stereocenters. The van der Waals surface area contributed by atoms with E-state index in [1.807, 2.05) is 42.4 Å². The van der Waals surface area contributed by atoms with E-state index >= 15 is 0 Å². The molecule has 1 atom stereocenters. The Morgan fingerprint density at radius 1 is 1.26 bits per heavy atom. The van der Waals surface area contributed by atoms with Crippen LogP contribution in [0.1, 0.15) is 24.9 Å². The number of allylic oxidation sites excluding steroid dienone is 1. The van der Waals surface area contributed by atoms with Crippen molar-refractivity contribution in [2.45, 2.75) is 19.4 Å². The Kier molecular flexibility index (Phi) is 3.50. The van der Waals surface area contributed by atoms with E-state index in [1.165, 1.54) is 0 Å². The van der Waals surface area contributed by atoms with Crippen molar-refractivity contribution in [2.24, 2.45) is 4.99 Å². The second kappa shape index (κ2) is 5.90. The summed E-state index contributed by atoms with van der Waals surface area (Å²) in [5, 5.41) is 6.42.